The van der Waals surface area contributed by atoms with Crippen molar-refractivity contribution in [1.29, 1.82) is 0 Å². The van der Waals surface area contributed by atoms with Crippen molar-refractivity contribution in [2.24, 2.45) is 5.92 Å². The maximum atomic E-state index is 13.9. The van der Waals surface area contributed by atoms with Gasteiger partial charge in [0.15, 0.2) is 0 Å². The molecule has 0 saturated carbocycles. The van der Waals surface area contributed by atoms with Gasteiger partial charge in [-0.1, -0.05) is 35.8 Å². The first kappa shape index (κ1) is 15.4. The van der Waals surface area contributed by atoms with Crippen LogP contribution >= 0.6 is 15.9 Å². The van der Waals surface area contributed by atoms with Crippen LogP contribution < -0.4 is 0 Å². The number of ether oxygens (including phenoxy) is 2. The van der Waals surface area contributed by atoms with Crippen LogP contribution in [0, 0.1) is 11.7 Å². The molecule has 2 fully saturated rings. The Morgan fingerprint density at radius 3 is 2.81 bits per heavy atom. The van der Waals surface area contributed by atoms with Crippen molar-refractivity contribution in [2.75, 3.05) is 0 Å². The molecular weight excluding hydrogens is 335 g/mol. The maximum absolute atomic E-state index is 13.9. The van der Waals surface area contributed by atoms with Crippen LogP contribution in [-0.4, -0.2) is 17.3 Å². The molecule has 0 aliphatic carbocycles. The molecule has 2 heterocycles. The van der Waals surface area contributed by atoms with Gasteiger partial charge in [0.2, 0.25) is 0 Å². The van der Waals surface area contributed by atoms with Gasteiger partial charge in [-0.3, -0.25) is 0 Å². The fraction of sp³-hybridized carbons (Fsp3) is 0.647. The predicted octanol–water partition coefficient (Wildman–Crippen LogP) is 4.84. The molecule has 4 heteroatoms. The lowest BCUT2D eigenvalue weighted by atomic mass is 9.75. The highest BCUT2D eigenvalue weighted by atomic mass is 79.9. The highest BCUT2D eigenvalue weighted by Crippen LogP contribution is 2.55. The minimum atomic E-state index is -0.225. The lowest BCUT2D eigenvalue weighted by Crippen LogP contribution is -2.38. The van der Waals surface area contributed by atoms with E-state index in [1.54, 1.807) is 6.07 Å². The van der Waals surface area contributed by atoms with Gasteiger partial charge >= 0.3 is 0 Å². The number of rotatable bonds is 4. The zero-order chi connectivity index (χ0) is 15.3. The first-order valence-electron chi connectivity index (χ1n) is 7.61. The van der Waals surface area contributed by atoms with Crippen LogP contribution in [0.4, 0.5) is 4.39 Å². The summed E-state index contributed by atoms with van der Waals surface area (Å²) in [7, 11) is 0. The average molecular weight is 357 g/mol. The Morgan fingerprint density at radius 2 is 2.19 bits per heavy atom. The summed E-state index contributed by atoms with van der Waals surface area (Å²) in [6.45, 7) is 6.83. The van der Waals surface area contributed by atoms with E-state index >= 15 is 0 Å². The van der Waals surface area contributed by atoms with Crippen molar-refractivity contribution in [2.45, 2.75) is 63.9 Å². The van der Waals surface area contributed by atoms with Crippen molar-refractivity contribution >= 4 is 15.9 Å². The van der Waals surface area contributed by atoms with Crippen LogP contribution in [0.3, 0.4) is 0 Å². The fourth-order valence-electron chi connectivity index (χ4n) is 3.66. The molecule has 2 bridgehead atoms. The van der Waals surface area contributed by atoms with E-state index in [1.165, 1.54) is 6.07 Å². The van der Waals surface area contributed by atoms with E-state index < -0.39 is 0 Å². The van der Waals surface area contributed by atoms with E-state index in [0.717, 1.165) is 23.7 Å². The molecule has 0 amide bonds. The molecule has 2 aliphatic rings. The third kappa shape index (κ3) is 2.55. The Morgan fingerprint density at radius 1 is 1.43 bits per heavy atom. The Labute approximate surface area is 134 Å². The van der Waals surface area contributed by atoms with E-state index in [2.05, 4.69) is 36.7 Å². The quantitative estimate of drug-likeness (QED) is 0.768. The predicted molar refractivity (Wildman–Crippen MR) is 83.6 cm³/mol. The zero-order valence-corrected chi connectivity index (χ0v) is 14.4. The minimum Gasteiger partial charge on any atom is -0.370 e. The van der Waals surface area contributed by atoms with Crippen LogP contribution in [0.15, 0.2) is 22.7 Å². The van der Waals surface area contributed by atoms with Gasteiger partial charge in [0.25, 0.3) is 0 Å². The molecule has 116 valence electrons. The number of benzene rings is 1. The molecular formula is C17H22BrFO2. The van der Waals surface area contributed by atoms with Crippen LogP contribution in [0.5, 0.6) is 0 Å². The third-order valence-corrected chi connectivity index (χ3v) is 5.98. The van der Waals surface area contributed by atoms with Crippen LogP contribution in [0.1, 0.15) is 45.6 Å². The molecule has 2 nitrogen and oxygen atoms in total. The molecule has 0 N–H and O–H groups in total. The van der Waals surface area contributed by atoms with E-state index in [9.17, 15) is 4.39 Å². The molecule has 0 spiro atoms. The minimum absolute atomic E-state index is 0.0418. The molecule has 1 aromatic rings. The zero-order valence-electron chi connectivity index (χ0n) is 12.8. The largest absolute Gasteiger partial charge is 0.370 e. The monoisotopic (exact) mass is 356 g/mol. The van der Waals surface area contributed by atoms with Gasteiger partial charge < -0.3 is 9.47 Å². The van der Waals surface area contributed by atoms with Crippen LogP contribution in [0.25, 0.3) is 0 Å². The average Bonchev–Trinajstić information content (AvgIpc) is 2.90. The van der Waals surface area contributed by atoms with Gasteiger partial charge in [0.05, 0.1) is 23.9 Å². The second kappa shape index (κ2) is 5.32. The molecule has 3 atom stereocenters. The SMILES string of the molecule is CC(C)[C@@]12CC[C@@](C)(O1)[C@@H](OCc1c(F)cccc1Br)C2. The number of halogens is 2. The van der Waals surface area contributed by atoms with E-state index in [-0.39, 0.29) is 29.7 Å². The van der Waals surface area contributed by atoms with Gasteiger partial charge in [-0.25, -0.2) is 4.39 Å². The van der Waals surface area contributed by atoms with Crippen molar-refractivity contribution < 1.29 is 13.9 Å². The second-order valence-corrected chi connectivity index (χ2v) is 7.69. The van der Waals surface area contributed by atoms with E-state index in [4.69, 9.17) is 9.47 Å². The summed E-state index contributed by atoms with van der Waals surface area (Å²) in [6.07, 6.45) is 3.08. The van der Waals surface area contributed by atoms with E-state index in [1.807, 2.05) is 6.07 Å². The van der Waals surface area contributed by atoms with Gasteiger partial charge in [-0.15, -0.1) is 0 Å². The highest BCUT2D eigenvalue weighted by molar-refractivity contribution is 9.10. The summed E-state index contributed by atoms with van der Waals surface area (Å²) >= 11 is 3.39. The lowest BCUT2D eigenvalue weighted by Gasteiger charge is -2.31. The Balaban J connectivity index is 1.73. The Bertz CT molecular complexity index is 527. The summed E-state index contributed by atoms with van der Waals surface area (Å²) in [5.41, 5.74) is 0.316. The molecule has 0 unspecified atom stereocenters. The van der Waals surface area contributed by atoms with Gasteiger partial charge in [0, 0.05) is 16.5 Å². The fourth-order valence-corrected chi connectivity index (χ4v) is 4.11. The van der Waals surface area contributed by atoms with Crippen molar-refractivity contribution in [3.05, 3.63) is 34.1 Å². The standard InChI is InChI=1S/C17H22BrFO2/c1-11(2)17-8-7-16(3,21-17)15(9-17)20-10-12-13(18)5-4-6-14(12)19/h4-6,11,15H,7-10H2,1-3H3/t15-,16+,17-/m0/s1. The first-order chi connectivity index (χ1) is 9.86. The second-order valence-electron chi connectivity index (χ2n) is 6.84. The summed E-state index contributed by atoms with van der Waals surface area (Å²) in [5.74, 6) is 0.255. The smallest absolute Gasteiger partial charge is 0.129 e. The van der Waals surface area contributed by atoms with Gasteiger partial charge in [-0.2, -0.15) is 0 Å². The summed E-state index contributed by atoms with van der Waals surface area (Å²) in [6, 6.07) is 5.01. The summed E-state index contributed by atoms with van der Waals surface area (Å²) < 4.78 is 27.0. The van der Waals surface area contributed by atoms with Crippen molar-refractivity contribution in [3.8, 4) is 0 Å². The summed E-state index contributed by atoms with van der Waals surface area (Å²) in [5, 5.41) is 0. The van der Waals surface area contributed by atoms with Gasteiger partial charge in [0.1, 0.15) is 5.82 Å². The number of fused-ring (bicyclic) bond motifs is 2. The van der Waals surface area contributed by atoms with Crippen LogP contribution in [0.2, 0.25) is 0 Å². The lowest BCUT2D eigenvalue weighted by molar-refractivity contribution is -0.0962. The first-order valence-corrected chi connectivity index (χ1v) is 8.40. The van der Waals surface area contributed by atoms with E-state index in [0.29, 0.717) is 11.5 Å². The highest BCUT2D eigenvalue weighted by Gasteiger charge is 2.60. The number of hydrogen-bond donors (Lipinski definition) is 0. The maximum Gasteiger partial charge on any atom is 0.129 e. The van der Waals surface area contributed by atoms with Crippen molar-refractivity contribution in [3.63, 3.8) is 0 Å². The molecule has 2 saturated heterocycles. The third-order valence-electron chi connectivity index (χ3n) is 5.24. The normalized spacial score (nSPS) is 34.9. The Hall–Kier alpha value is -0.450. The molecule has 2 aliphatic heterocycles. The number of hydrogen-bond acceptors (Lipinski definition) is 2. The Kier molecular flexibility index (Phi) is 3.92. The van der Waals surface area contributed by atoms with Crippen LogP contribution in [-0.2, 0) is 16.1 Å². The molecule has 1 aromatic carbocycles. The summed E-state index contributed by atoms with van der Waals surface area (Å²) in [4.78, 5) is 0. The molecule has 3 rings (SSSR count). The molecule has 0 radical (unpaired) electrons. The van der Waals surface area contributed by atoms with Gasteiger partial charge in [-0.05, 0) is 37.8 Å². The molecule has 21 heavy (non-hydrogen) atoms. The topological polar surface area (TPSA) is 18.5 Å². The van der Waals surface area contributed by atoms with Crippen molar-refractivity contribution in [1.82, 2.24) is 0 Å². The molecule has 0 aromatic heterocycles.